The number of likely N-dealkylation sites (tertiary alicyclic amines) is 1. The van der Waals surface area contributed by atoms with Gasteiger partial charge in [0, 0.05) is 18.4 Å². The van der Waals surface area contributed by atoms with Crippen LogP contribution in [0.1, 0.15) is 27.5 Å². The molecule has 0 bridgehead atoms. The molecule has 1 aliphatic heterocycles. The average Bonchev–Trinajstić information content (AvgIpc) is 2.75. The number of hydrogen-bond acceptors (Lipinski definition) is 3. The van der Waals surface area contributed by atoms with E-state index in [1.165, 1.54) is 11.3 Å². The number of carbonyl (C=O) groups excluding carboxylic acids is 1. The fraction of sp³-hybridized carbons (Fsp3) is 0.636. The summed E-state index contributed by atoms with van der Waals surface area (Å²) < 4.78 is 0. The molecule has 1 aliphatic rings. The third kappa shape index (κ3) is 2.63. The molecular weight excluding hydrogens is 288 g/mol. The molecular formula is C11H15BrN2OS. The van der Waals surface area contributed by atoms with Crippen molar-refractivity contribution in [1.29, 1.82) is 0 Å². The van der Waals surface area contributed by atoms with Crippen LogP contribution in [0.2, 0.25) is 0 Å². The monoisotopic (exact) mass is 302 g/mol. The van der Waals surface area contributed by atoms with Crippen molar-refractivity contribution in [2.45, 2.75) is 19.8 Å². The molecule has 1 aromatic heterocycles. The molecule has 2 rings (SSSR count). The zero-order valence-corrected chi connectivity index (χ0v) is 11.7. The highest BCUT2D eigenvalue weighted by atomic mass is 79.9. The number of halogens is 1. The van der Waals surface area contributed by atoms with Crippen LogP contribution < -0.4 is 0 Å². The number of amides is 1. The fourth-order valence-corrected chi connectivity index (χ4v) is 3.30. The third-order valence-corrected chi connectivity index (χ3v) is 4.77. The van der Waals surface area contributed by atoms with E-state index >= 15 is 0 Å². The molecule has 0 atom stereocenters. The van der Waals surface area contributed by atoms with E-state index < -0.39 is 0 Å². The van der Waals surface area contributed by atoms with Gasteiger partial charge in [0.25, 0.3) is 5.91 Å². The minimum Gasteiger partial charge on any atom is -0.338 e. The van der Waals surface area contributed by atoms with E-state index in [1.807, 2.05) is 11.8 Å². The van der Waals surface area contributed by atoms with Gasteiger partial charge in [-0.25, -0.2) is 4.98 Å². The molecule has 2 heterocycles. The van der Waals surface area contributed by atoms with E-state index in [0.29, 0.717) is 0 Å². The van der Waals surface area contributed by atoms with Gasteiger partial charge in [-0.1, -0.05) is 15.9 Å². The minimum atomic E-state index is 0.152. The lowest BCUT2D eigenvalue weighted by molar-refractivity contribution is 0.0703. The number of alkyl halides is 1. The van der Waals surface area contributed by atoms with Crippen LogP contribution in [0.3, 0.4) is 0 Å². The van der Waals surface area contributed by atoms with Gasteiger partial charge in [-0.3, -0.25) is 4.79 Å². The number of carbonyl (C=O) groups is 1. The lowest BCUT2D eigenvalue weighted by atomic mass is 9.99. The first-order valence-corrected chi connectivity index (χ1v) is 7.42. The summed E-state index contributed by atoms with van der Waals surface area (Å²) in [6, 6.07) is 0. The van der Waals surface area contributed by atoms with E-state index in [9.17, 15) is 4.79 Å². The largest absolute Gasteiger partial charge is 0.338 e. The van der Waals surface area contributed by atoms with Crippen molar-refractivity contribution in [3.8, 4) is 0 Å². The topological polar surface area (TPSA) is 33.2 Å². The molecule has 0 aliphatic carbocycles. The Morgan fingerprint density at radius 2 is 2.31 bits per heavy atom. The SMILES string of the molecule is Cc1ncc(C(=O)N2CCC(CBr)CC2)s1. The lowest BCUT2D eigenvalue weighted by Gasteiger charge is -2.30. The normalized spacial score (nSPS) is 17.8. The Morgan fingerprint density at radius 3 is 2.81 bits per heavy atom. The number of aryl methyl sites for hydroxylation is 1. The first kappa shape index (κ1) is 12.0. The molecule has 0 radical (unpaired) electrons. The van der Waals surface area contributed by atoms with E-state index in [1.54, 1.807) is 6.20 Å². The van der Waals surface area contributed by atoms with Crippen LogP contribution in [-0.4, -0.2) is 34.2 Å². The van der Waals surface area contributed by atoms with E-state index in [4.69, 9.17) is 0 Å². The maximum absolute atomic E-state index is 12.1. The van der Waals surface area contributed by atoms with E-state index in [-0.39, 0.29) is 5.91 Å². The maximum atomic E-state index is 12.1. The smallest absolute Gasteiger partial charge is 0.265 e. The molecule has 0 aromatic carbocycles. The summed E-state index contributed by atoms with van der Waals surface area (Å²) in [5.74, 6) is 0.880. The number of nitrogens with zero attached hydrogens (tertiary/aromatic N) is 2. The summed E-state index contributed by atoms with van der Waals surface area (Å²) in [6.07, 6.45) is 3.91. The van der Waals surface area contributed by atoms with Crippen molar-refractivity contribution < 1.29 is 4.79 Å². The van der Waals surface area contributed by atoms with Gasteiger partial charge in [0.1, 0.15) is 4.88 Å². The zero-order chi connectivity index (χ0) is 11.5. The standard InChI is InChI=1S/C11H15BrN2OS/c1-8-13-7-10(16-8)11(15)14-4-2-9(6-12)3-5-14/h7,9H,2-6H2,1H3. The van der Waals surface area contributed by atoms with Gasteiger partial charge in [-0.15, -0.1) is 11.3 Å². The van der Waals surface area contributed by atoms with E-state index in [0.717, 1.165) is 47.1 Å². The van der Waals surface area contributed by atoms with Crippen LogP contribution in [0.4, 0.5) is 0 Å². The van der Waals surface area contributed by atoms with Crippen LogP contribution in [0.25, 0.3) is 0 Å². The lowest BCUT2D eigenvalue weighted by Crippen LogP contribution is -2.38. The molecule has 0 spiro atoms. The Labute approximate surface area is 108 Å². The van der Waals surface area contributed by atoms with Crippen molar-refractivity contribution in [2.24, 2.45) is 5.92 Å². The van der Waals surface area contributed by atoms with Crippen LogP contribution in [0, 0.1) is 12.8 Å². The van der Waals surface area contributed by atoms with Crippen molar-refractivity contribution in [2.75, 3.05) is 18.4 Å². The predicted molar refractivity (Wildman–Crippen MR) is 69.3 cm³/mol. The van der Waals surface area contributed by atoms with Crippen molar-refractivity contribution in [3.05, 3.63) is 16.1 Å². The first-order chi connectivity index (χ1) is 7.70. The summed E-state index contributed by atoms with van der Waals surface area (Å²) in [7, 11) is 0. The fourth-order valence-electron chi connectivity index (χ4n) is 1.91. The summed E-state index contributed by atoms with van der Waals surface area (Å²) >= 11 is 4.99. The summed E-state index contributed by atoms with van der Waals surface area (Å²) in [5.41, 5.74) is 0. The molecule has 88 valence electrons. The van der Waals surface area contributed by atoms with Crippen LogP contribution in [0.15, 0.2) is 6.20 Å². The number of piperidine rings is 1. The molecule has 0 unspecified atom stereocenters. The predicted octanol–water partition coefficient (Wildman–Crippen LogP) is 2.70. The number of hydrogen-bond donors (Lipinski definition) is 0. The summed E-state index contributed by atoms with van der Waals surface area (Å²) in [6.45, 7) is 3.69. The molecule has 0 N–H and O–H groups in total. The Bertz CT molecular complexity index is 372. The zero-order valence-electron chi connectivity index (χ0n) is 9.28. The molecule has 0 saturated carbocycles. The van der Waals surface area contributed by atoms with Gasteiger partial charge in [0.05, 0.1) is 11.2 Å². The molecule has 1 aromatic rings. The second kappa shape index (κ2) is 5.27. The van der Waals surface area contributed by atoms with Crippen molar-refractivity contribution in [3.63, 3.8) is 0 Å². The maximum Gasteiger partial charge on any atom is 0.265 e. The van der Waals surface area contributed by atoms with E-state index in [2.05, 4.69) is 20.9 Å². The molecule has 16 heavy (non-hydrogen) atoms. The van der Waals surface area contributed by atoms with Gasteiger partial charge >= 0.3 is 0 Å². The van der Waals surface area contributed by atoms with Gasteiger partial charge in [0.2, 0.25) is 0 Å². The Hall–Kier alpha value is -0.420. The van der Waals surface area contributed by atoms with Crippen LogP contribution in [-0.2, 0) is 0 Å². The van der Waals surface area contributed by atoms with Gasteiger partial charge < -0.3 is 4.90 Å². The Kier molecular flexibility index (Phi) is 3.97. The second-order valence-electron chi connectivity index (χ2n) is 4.13. The van der Waals surface area contributed by atoms with Gasteiger partial charge in [-0.05, 0) is 25.7 Å². The van der Waals surface area contributed by atoms with Crippen LogP contribution in [0.5, 0.6) is 0 Å². The molecule has 5 heteroatoms. The summed E-state index contributed by atoms with van der Waals surface area (Å²) in [4.78, 5) is 18.9. The quantitative estimate of drug-likeness (QED) is 0.787. The Morgan fingerprint density at radius 1 is 1.62 bits per heavy atom. The number of aromatic nitrogens is 1. The molecule has 1 fully saturated rings. The molecule has 1 amide bonds. The Balaban J connectivity index is 1.96. The van der Waals surface area contributed by atoms with Gasteiger partial charge in [-0.2, -0.15) is 0 Å². The highest BCUT2D eigenvalue weighted by Crippen LogP contribution is 2.22. The highest BCUT2D eigenvalue weighted by molar-refractivity contribution is 9.09. The minimum absolute atomic E-state index is 0.152. The second-order valence-corrected chi connectivity index (χ2v) is 6.02. The average molecular weight is 303 g/mol. The molecule has 1 saturated heterocycles. The van der Waals surface area contributed by atoms with Crippen molar-refractivity contribution >= 4 is 33.2 Å². The van der Waals surface area contributed by atoms with Gasteiger partial charge in [0.15, 0.2) is 0 Å². The third-order valence-electron chi connectivity index (χ3n) is 2.95. The highest BCUT2D eigenvalue weighted by Gasteiger charge is 2.23. The number of rotatable bonds is 2. The molecule has 3 nitrogen and oxygen atoms in total. The van der Waals surface area contributed by atoms with Crippen LogP contribution >= 0.6 is 27.3 Å². The van der Waals surface area contributed by atoms with Crippen molar-refractivity contribution in [1.82, 2.24) is 9.88 Å². The first-order valence-electron chi connectivity index (χ1n) is 5.48. The summed E-state index contributed by atoms with van der Waals surface area (Å²) in [5, 5.41) is 2.01. The number of thiazole rings is 1.